The smallest absolute Gasteiger partial charge is 0.262 e. The van der Waals surface area contributed by atoms with Crippen molar-refractivity contribution in [3.8, 4) is 11.5 Å². The molecule has 0 saturated heterocycles. The Kier molecular flexibility index (Phi) is 5.69. The lowest BCUT2D eigenvalue weighted by Crippen LogP contribution is -2.20. The molecular formula is C15H13ClINO3. The first-order valence-corrected chi connectivity index (χ1v) is 7.56. The molecule has 4 nitrogen and oxygen atoms in total. The van der Waals surface area contributed by atoms with E-state index in [2.05, 4.69) is 27.9 Å². The minimum Gasteiger partial charge on any atom is -0.495 e. The van der Waals surface area contributed by atoms with Gasteiger partial charge in [0.05, 0.1) is 12.1 Å². The number of nitrogens with one attached hydrogen (secondary N) is 1. The zero-order chi connectivity index (χ0) is 15.2. The van der Waals surface area contributed by atoms with Crippen LogP contribution in [0.4, 0.5) is 5.69 Å². The highest BCUT2D eigenvalue weighted by Crippen LogP contribution is 2.27. The highest BCUT2D eigenvalue weighted by atomic mass is 127. The third-order valence-electron chi connectivity index (χ3n) is 2.60. The molecule has 0 atom stereocenters. The first-order valence-electron chi connectivity index (χ1n) is 6.10. The molecule has 0 fully saturated rings. The van der Waals surface area contributed by atoms with Gasteiger partial charge in [0, 0.05) is 9.26 Å². The molecule has 21 heavy (non-hydrogen) atoms. The third-order valence-corrected chi connectivity index (χ3v) is 3.57. The van der Waals surface area contributed by atoms with E-state index in [9.17, 15) is 4.79 Å². The van der Waals surface area contributed by atoms with E-state index >= 15 is 0 Å². The summed E-state index contributed by atoms with van der Waals surface area (Å²) in [7, 11) is 1.54. The molecule has 0 heterocycles. The normalized spacial score (nSPS) is 10.0. The Morgan fingerprint density at radius 3 is 2.76 bits per heavy atom. The first-order chi connectivity index (χ1) is 10.1. The van der Waals surface area contributed by atoms with Gasteiger partial charge < -0.3 is 14.8 Å². The van der Waals surface area contributed by atoms with E-state index in [0.29, 0.717) is 22.2 Å². The molecule has 6 heteroatoms. The summed E-state index contributed by atoms with van der Waals surface area (Å²) < 4.78 is 11.5. The van der Waals surface area contributed by atoms with Crippen LogP contribution in [-0.2, 0) is 4.79 Å². The van der Waals surface area contributed by atoms with Gasteiger partial charge in [-0.1, -0.05) is 17.7 Å². The molecule has 0 aliphatic carbocycles. The number of anilines is 1. The summed E-state index contributed by atoms with van der Waals surface area (Å²) in [6.07, 6.45) is 0. The van der Waals surface area contributed by atoms with Crippen molar-refractivity contribution in [3.63, 3.8) is 0 Å². The number of rotatable bonds is 5. The third kappa shape index (κ3) is 4.78. The summed E-state index contributed by atoms with van der Waals surface area (Å²) in [6.45, 7) is -0.0657. The van der Waals surface area contributed by atoms with E-state index < -0.39 is 0 Å². The van der Waals surface area contributed by atoms with Crippen LogP contribution < -0.4 is 14.8 Å². The highest BCUT2D eigenvalue weighted by Gasteiger charge is 2.06. The minimum atomic E-state index is -0.255. The molecule has 0 spiro atoms. The maximum absolute atomic E-state index is 11.8. The lowest BCUT2D eigenvalue weighted by atomic mass is 10.3. The van der Waals surface area contributed by atoms with Crippen molar-refractivity contribution in [2.75, 3.05) is 19.0 Å². The Morgan fingerprint density at radius 1 is 1.29 bits per heavy atom. The molecule has 110 valence electrons. The van der Waals surface area contributed by atoms with Crippen LogP contribution in [0.1, 0.15) is 0 Å². The van der Waals surface area contributed by atoms with Gasteiger partial charge in [0.1, 0.15) is 11.5 Å². The van der Waals surface area contributed by atoms with E-state index in [1.54, 1.807) is 24.3 Å². The zero-order valence-corrected chi connectivity index (χ0v) is 14.1. The van der Waals surface area contributed by atoms with Crippen LogP contribution in [0.2, 0.25) is 5.02 Å². The van der Waals surface area contributed by atoms with E-state index in [1.807, 2.05) is 18.2 Å². The molecule has 0 unspecified atom stereocenters. The second-order valence-electron chi connectivity index (χ2n) is 4.14. The average molecular weight is 418 g/mol. The van der Waals surface area contributed by atoms with Crippen molar-refractivity contribution in [2.45, 2.75) is 0 Å². The zero-order valence-electron chi connectivity index (χ0n) is 11.2. The van der Waals surface area contributed by atoms with Crippen LogP contribution in [0.15, 0.2) is 42.5 Å². The summed E-state index contributed by atoms with van der Waals surface area (Å²) in [5.74, 6) is 0.963. The Balaban J connectivity index is 1.91. The molecule has 2 aromatic rings. The summed E-state index contributed by atoms with van der Waals surface area (Å²) in [5.41, 5.74) is 0.594. The predicted molar refractivity (Wildman–Crippen MR) is 91.3 cm³/mol. The minimum absolute atomic E-state index is 0.0657. The standard InChI is InChI=1S/C15H13ClINO3/c1-20-14-6-5-11(8-13(14)16)18-15(19)9-21-12-4-2-3-10(17)7-12/h2-8H,9H2,1H3,(H,18,19). The Hall–Kier alpha value is -1.47. The molecule has 0 aromatic heterocycles. The van der Waals surface area contributed by atoms with Gasteiger partial charge in [0.25, 0.3) is 5.91 Å². The van der Waals surface area contributed by atoms with Gasteiger partial charge in [-0.05, 0) is 59.0 Å². The Labute approximate surface area is 141 Å². The summed E-state index contributed by atoms with van der Waals surface area (Å²) in [4.78, 5) is 11.8. The van der Waals surface area contributed by atoms with E-state index in [-0.39, 0.29) is 12.5 Å². The highest BCUT2D eigenvalue weighted by molar-refractivity contribution is 14.1. The SMILES string of the molecule is COc1ccc(NC(=O)COc2cccc(I)c2)cc1Cl. The summed E-state index contributed by atoms with van der Waals surface area (Å²) in [5, 5.41) is 3.15. The fraction of sp³-hybridized carbons (Fsp3) is 0.133. The Bertz CT molecular complexity index is 649. The van der Waals surface area contributed by atoms with Crippen molar-refractivity contribution in [2.24, 2.45) is 0 Å². The van der Waals surface area contributed by atoms with Crippen molar-refractivity contribution < 1.29 is 14.3 Å². The summed E-state index contributed by atoms with van der Waals surface area (Å²) in [6, 6.07) is 12.5. The molecule has 0 bridgehead atoms. The number of hydrogen-bond donors (Lipinski definition) is 1. The lowest BCUT2D eigenvalue weighted by Gasteiger charge is -2.09. The molecular weight excluding hydrogens is 405 g/mol. The van der Waals surface area contributed by atoms with Gasteiger partial charge in [-0.15, -0.1) is 0 Å². The van der Waals surface area contributed by atoms with E-state index in [0.717, 1.165) is 3.57 Å². The average Bonchev–Trinajstić information content (AvgIpc) is 2.45. The topological polar surface area (TPSA) is 47.6 Å². The fourth-order valence-electron chi connectivity index (χ4n) is 1.65. The van der Waals surface area contributed by atoms with Crippen molar-refractivity contribution in [1.29, 1.82) is 0 Å². The maximum Gasteiger partial charge on any atom is 0.262 e. The van der Waals surface area contributed by atoms with Crippen LogP contribution in [0.25, 0.3) is 0 Å². The molecule has 2 aromatic carbocycles. The molecule has 1 amide bonds. The van der Waals surface area contributed by atoms with Crippen molar-refractivity contribution in [1.82, 2.24) is 0 Å². The molecule has 0 aliphatic heterocycles. The summed E-state index contributed by atoms with van der Waals surface area (Å²) >= 11 is 8.18. The van der Waals surface area contributed by atoms with Crippen LogP contribution in [0.3, 0.4) is 0 Å². The number of carbonyl (C=O) groups is 1. The van der Waals surface area contributed by atoms with Gasteiger partial charge >= 0.3 is 0 Å². The molecule has 1 N–H and O–H groups in total. The number of hydrogen-bond acceptors (Lipinski definition) is 3. The Morgan fingerprint density at radius 2 is 2.10 bits per heavy atom. The monoisotopic (exact) mass is 417 g/mol. The molecule has 0 radical (unpaired) electrons. The molecule has 0 aliphatic rings. The van der Waals surface area contributed by atoms with E-state index in [4.69, 9.17) is 21.1 Å². The van der Waals surface area contributed by atoms with Crippen LogP contribution in [0, 0.1) is 3.57 Å². The van der Waals surface area contributed by atoms with Gasteiger partial charge in [0.2, 0.25) is 0 Å². The van der Waals surface area contributed by atoms with Gasteiger partial charge in [-0.3, -0.25) is 4.79 Å². The number of amides is 1. The second-order valence-corrected chi connectivity index (χ2v) is 5.80. The fourth-order valence-corrected chi connectivity index (χ4v) is 2.42. The van der Waals surface area contributed by atoms with Gasteiger partial charge in [0.15, 0.2) is 6.61 Å². The number of carbonyl (C=O) groups excluding carboxylic acids is 1. The predicted octanol–water partition coefficient (Wildman–Crippen LogP) is 3.97. The lowest BCUT2D eigenvalue weighted by molar-refractivity contribution is -0.118. The van der Waals surface area contributed by atoms with Crippen LogP contribution in [0.5, 0.6) is 11.5 Å². The number of benzene rings is 2. The number of halogens is 2. The number of ether oxygens (including phenoxy) is 2. The first kappa shape index (κ1) is 15.9. The largest absolute Gasteiger partial charge is 0.495 e. The van der Waals surface area contributed by atoms with Crippen molar-refractivity contribution >= 4 is 45.8 Å². The molecule has 0 saturated carbocycles. The maximum atomic E-state index is 11.8. The van der Waals surface area contributed by atoms with Crippen molar-refractivity contribution in [3.05, 3.63) is 51.1 Å². The van der Waals surface area contributed by atoms with Gasteiger partial charge in [-0.25, -0.2) is 0 Å². The quantitative estimate of drug-likeness (QED) is 0.749. The van der Waals surface area contributed by atoms with E-state index in [1.165, 1.54) is 7.11 Å². The van der Waals surface area contributed by atoms with Crippen LogP contribution in [-0.4, -0.2) is 19.6 Å². The number of methoxy groups -OCH3 is 1. The molecule has 2 rings (SSSR count). The van der Waals surface area contributed by atoms with Gasteiger partial charge in [-0.2, -0.15) is 0 Å². The second kappa shape index (κ2) is 7.51. The van der Waals surface area contributed by atoms with Crippen LogP contribution >= 0.6 is 34.2 Å².